The molecule has 15 heavy (non-hydrogen) atoms. The lowest BCUT2D eigenvalue weighted by Crippen LogP contribution is -2.39. The van der Waals surface area contributed by atoms with Crippen LogP contribution in [0.3, 0.4) is 0 Å². The molecule has 2 atom stereocenters. The normalized spacial score (nSPS) is 23.6. The highest BCUT2D eigenvalue weighted by atomic mass is 16.5. The number of rotatable bonds is 7. The first-order valence-electron chi connectivity index (χ1n) is 6.16. The van der Waals surface area contributed by atoms with Crippen molar-refractivity contribution in [3.63, 3.8) is 0 Å². The molecule has 2 unspecified atom stereocenters. The molecule has 1 saturated heterocycles. The van der Waals surface area contributed by atoms with Gasteiger partial charge in [0.25, 0.3) is 0 Å². The van der Waals surface area contributed by atoms with Crippen LogP contribution in [-0.2, 0) is 9.47 Å². The van der Waals surface area contributed by atoms with Crippen molar-refractivity contribution in [2.45, 2.75) is 45.8 Å². The van der Waals surface area contributed by atoms with Gasteiger partial charge in [-0.25, -0.2) is 0 Å². The third kappa shape index (κ3) is 4.96. The van der Waals surface area contributed by atoms with Crippen molar-refractivity contribution in [1.82, 2.24) is 5.32 Å². The van der Waals surface area contributed by atoms with Crippen molar-refractivity contribution in [2.75, 3.05) is 26.4 Å². The van der Waals surface area contributed by atoms with Crippen LogP contribution < -0.4 is 5.32 Å². The Kier molecular flexibility index (Phi) is 6.22. The molecule has 1 rings (SSSR count). The van der Waals surface area contributed by atoms with Gasteiger partial charge in [0.2, 0.25) is 0 Å². The number of hydrogen-bond donors (Lipinski definition) is 1. The summed E-state index contributed by atoms with van der Waals surface area (Å²) < 4.78 is 11.1. The van der Waals surface area contributed by atoms with Crippen molar-refractivity contribution >= 4 is 0 Å². The van der Waals surface area contributed by atoms with Crippen molar-refractivity contribution < 1.29 is 9.47 Å². The molecule has 0 radical (unpaired) electrons. The maximum absolute atomic E-state index is 5.84. The summed E-state index contributed by atoms with van der Waals surface area (Å²) in [6, 6.07) is 0.477. The Labute approximate surface area is 93.5 Å². The Hall–Kier alpha value is -0.120. The van der Waals surface area contributed by atoms with E-state index in [4.69, 9.17) is 9.47 Å². The Morgan fingerprint density at radius 2 is 2.27 bits per heavy atom. The van der Waals surface area contributed by atoms with Gasteiger partial charge in [-0.1, -0.05) is 20.8 Å². The predicted molar refractivity (Wildman–Crippen MR) is 62.1 cm³/mol. The summed E-state index contributed by atoms with van der Waals surface area (Å²) in [5.74, 6) is 0.624. The van der Waals surface area contributed by atoms with Gasteiger partial charge in [-0.2, -0.15) is 0 Å². The third-order valence-electron chi connectivity index (χ3n) is 2.86. The minimum Gasteiger partial charge on any atom is -0.379 e. The van der Waals surface area contributed by atoms with Crippen LogP contribution in [0.2, 0.25) is 0 Å². The van der Waals surface area contributed by atoms with E-state index >= 15 is 0 Å². The molecule has 1 aliphatic rings. The van der Waals surface area contributed by atoms with Crippen LogP contribution in [0.25, 0.3) is 0 Å². The zero-order valence-corrected chi connectivity index (χ0v) is 10.3. The molecular weight excluding hydrogens is 190 g/mol. The first-order valence-corrected chi connectivity index (χ1v) is 6.16. The first-order chi connectivity index (χ1) is 7.24. The van der Waals surface area contributed by atoms with E-state index in [1.54, 1.807) is 0 Å². The number of hydrogen-bond acceptors (Lipinski definition) is 3. The molecule has 3 heteroatoms. The molecule has 0 spiro atoms. The van der Waals surface area contributed by atoms with E-state index in [9.17, 15) is 0 Å². The Morgan fingerprint density at radius 3 is 2.80 bits per heavy atom. The smallest absolute Gasteiger partial charge is 0.0831 e. The third-order valence-corrected chi connectivity index (χ3v) is 2.86. The van der Waals surface area contributed by atoms with Crippen LogP contribution in [0, 0.1) is 5.92 Å². The van der Waals surface area contributed by atoms with Crippen LogP contribution in [0.15, 0.2) is 0 Å². The molecule has 0 aliphatic carbocycles. The van der Waals surface area contributed by atoms with Gasteiger partial charge in [-0.15, -0.1) is 0 Å². The van der Waals surface area contributed by atoms with Gasteiger partial charge < -0.3 is 14.8 Å². The van der Waals surface area contributed by atoms with E-state index in [-0.39, 0.29) is 0 Å². The van der Waals surface area contributed by atoms with Gasteiger partial charge in [0, 0.05) is 12.6 Å². The van der Waals surface area contributed by atoms with Gasteiger partial charge in [-0.05, 0) is 25.3 Å². The Balaban J connectivity index is 2.17. The molecule has 1 fully saturated rings. The average Bonchev–Trinajstić information content (AvgIpc) is 2.70. The summed E-state index contributed by atoms with van der Waals surface area (Å²) in [6.45, 7) is 10.2. The van der Waals surface area contributed by atoms with Crippen molar-refractivity contribution in [1.29, 1.82) is 0 Å². The molecule has 1 aliphatic heterocycles. The zero-order chi connectivity index (χ0) is 11.1. The van der Waals surface area contributed by atoms with Crippen LogP contribution in [-0.4, -0.2) is 38.5 Å². The zero-order valence-electron chi connectivity index (χ0n) is 10.3. The second-order valence-corrected chi connectivity index (χ2v) is 4.62. The van der Waals surface area contributed by atoms with Gasteiger partial charge in [-0.3, -0.25) is 0 Å². The minimum absolute atomic E-state index is 0.328. The summed E-state index contributed by atoms with van der Waals surface area (Å²) in [4.78, 5) is 0. The molecule has 0 aromatic carbocycles. The number of nitrogens with one attached hydrogen (secondary N) is 1. The van der Waals surface area contributed by atoms with Gasteiger partial charge >= 0.3 is 0 Å². The van der Waals surface area contributed by atoms with E-state index in [2.05, 4.69) is 26.1 Å². The monoisotopic (exact) mass is 215 g/mol. The highest BCUT2D eigenvalue weighted by molar-refractivity contribution is 4.72. The standard InChI is InChI=1S/C12H25NO2/c1-4-6-13-12(10(2)3)9-15-11-5-7-14-8-11/h10-13H,4-9H2,1-3H3. The van der Waals surface area contributed by atoms with E-state index in [0.29, 0.717) is 18.1 Å². The fourth-order valence-electron chi connectivity index (χ4n) is 1.70. The second kappa shape index (κ2) is 7.20. The van der Waals surface area contributed by atoms with Gasteiger partial charge in [0.15, 0.2) is 0 Å². The van der Waals surface area contributed by atoms with E-state index < -0.39 is 0 Å². The number of ether oxygens (including phenoxy) is 2. The lowest BCUT2D eigenvalue weighted by molar-refractivity contribution is 0.0232. The maximum Gasteiger partial charge on any atom is 0.0831 e. The average molecular weight is 215 g/mol. The fraction of sp³-hybridized carbons (Fsp3) is 1.00. The Bertz CT molecular complexity index is 156. The van der Waals surface area contributed by atoms with Crippen LogP contribution in [0.1, 0.15) is 33.6 Å². The SMILES string of the molecule is CCCNC(COC1CCOC1)C(C)C. The molecule has 0 amide bonds. The van der Waals surface area contributed by atoms with E-state index in [1.165, 1.54) is 6.42 Å². The first kappa shape index (κ1) is 12.9. The largest absolute Gasteiger partial charge is 0.379 e. The molecule has 1 N–H and O–H groups in total. The maximum atomic E-state index is 5.84. The predicted octanol–water partition coefficient (Wildman–Crippen LogP) is 1.82. The molecule has 0 saturated carbocycles. The highest BCUT2D eigenvalue weighted by Crippen LogP contribution is 2.10. The summed E-state index contributed by atoms with van der Waals surface area (Å²) in [5.41, 5.74) is 0. The summed E-state index contributed by atoms with van der Waals surface area (Å²) in [6.07, 6.45) is 2.56. The molecule has 1 heterocycles. The Morgan fingerprint density at radius 1 is 1.47 bits per heavy atom. The molecule has 0 aromatic heterocycles. The molecule has 0 aromatic rings. The summed E-state index contributed by atoms with van der Waals surface area (Å²) in [7, 11) is 0. The molecule has 90 valence electrons. The summed E-state index contributed by atoms with van der Waals surface area (Å²) >= 11 is 0. The van der Waals surface area contributed by atoms with Crippen LogP contribution in [0.4, 0.5) is 0 Å². The van der Waals surface area contributed by atoms with Crippen LogP contribution in [0.5, 0.6) is 0 Å². The molecular formula is C12H25NO2. The lowest BCUT2D eigenvalue weighted by Gasteiger charge is -2.23. The minimum atomic E-state index is 0.328. The van der Waals surface area contributed by atoms with E-state index in [1.807, 2.05) is 0 Å². The molecule has 0 bridgehead atoms. The molecule has 3 nitrogen and oxygen atoms in total. The highest BCUT2D eigenvalue weighted by Gasteiger charge is 2.19. The van der Waals surface area contributed by atoms with Gasteiger partial charge in [0.1, 0.15) is 0 Å². The quantitative estimate of drug-likeness (QED) is 0.702. The van der Waals surface area contributed by atoms with Crippen molar-refractivity contribution in [3.8, 4) is 0 Å². The van der Waals surface area contributed by atoms with Gasteiger partial charge in [0.05, 0.1) is 19.3 Å². The van der Waals surface area contributed by atoms with E-state index in [0.717, 1.165) is 32.8 Å². The van der Waals surface area contributed by atoms with Crippen LogP contribution >= 0.6 is 0 Å². The van der Waals surface area contributed by atoms with Crippen molar-refractivity contribution in [3.05, 3.63) is 0 Å². The summed E-state index contributed by atoms with van der Waals surface area (Å²) in [5, 5.41) is 3.53. The second-order valence-electron chi connectivity index (χ2n) is 4.62. The lowest BCUT2D eigenvalue weighted by atomic mass is 10.1. The topological polar surface area (TPSA) is 30.5 Å². The van der Waals surface area contributed by atoms with Crippen molar-refractivity contribution in [2.24, 2.45) is 5.92 Å². The fourth-order valence-corrected chi connectivity index (χ4v) is 1.70.